The third kappa shape index (κ3) is 4.84. The van der Waals surface area contributed by atoms with Gasteiger partial charge in [-0.1, -0.05) is 38.5 Å². The van der Waals surface area contributed by atoms with Gasteiger partial charge in [0.2, 0.25) is 0 Å². The number of benzene rings is 1. The molecule has 0 radical (unpaired) electrons. The number of hydrogen-bond donors (Lipinski definition) is 1. The molecule has 1 unspecified atom stereocenters. The number of carbonyl (C=O) groups is 2. The van der Waals surface area contributed by atoms with Crippen LogP contribution in [-0.4, -0.2) is 37.8 Å². The van der Waals surface area contributed by atoms with Crippen molar-refractivity contribution in [1.82, 2.24) is 5.32 Å². The van der Waals surface area contributed by atoms with Crippen molar-refractivity contribution >= 4 is 28.3 Å². The predicted octanol–water partition coefficient (Wildman–Crippen LogP) is 3.87. The van der Waals surface area contributed by atoms with Crippen molar-refractivity contribution in [2.24, 2.45) is 0 Å². The van der Waals surface area contributed by atoms with Gasteiger partial charge in [-0.05, 0) is 41.5 Å². The summed E-state index contributed by atoms with van der Waals surface area (Å²) in [5.41, 5.74) is 2.14. The monoisotopic (exact) mass is 402 g/mol. The third-order valence-corrected chi connectivity index (χ3v) is 5.37. The lowest BCUT2D eigenvalue weighted by Gasteiger charge is -2.23. The van der Waals surface area contributed by atoms with Crippen LogP contribution in [0.5, 0.6) is 5.75 Å². The Kier molecular flexibility index (Phi) is 5.93. The van der Waals surface area contributed by atoms with Crippen LogP contribution in [-0.2, 0) is 14.9 Å². The Hall–Kier alpha value is -2.54. The molecule has 0 spiro atoms. The number of aryl methyl sites for hydroxylation is 1. The fraction of sp³-hybridized carbons (Fsp3) is 0.429. The summed E-state index contributed by atoms with van der Waals surface area (Å²) in [4.78, 5) is 25.8. The van der Waals surface area contributed by atoms with E-state index >= 15 is 0 Å². The lowest BCUT2D eigenvalue weighted by Crippen LogP contribution is -2.37. The Bertz CT molecular complexity index is 843. The first-order valence-electron chi connectivity index (χ1n) is 9.26. The number of ether oxygens (including phenoxy) is 2. The van der Waals surface area contributed by atoms with Crippen molar-refractivity contribution in [2.75, 3.05) is 24.6 Å². The molecule has 1 atom stereocenters. The standard InChI is InChI=1S/C21H26N2O4S/c1-14-7-8-17(16(10-14)21(2,3)4)26-13-18(24)22-11-15-12-23(20(25)27-15)19-6-5-9-28-19/h5-10,15H,11-13H2,1-4H3,(H,22,24). The van der Waals surface area contributed by atoms with Crippen LogP contribution < -0.4 is 15.0 Å². The lowest BCUT2D eigenvalue weighted by atomic mass is 9.85. The molecule has 1 aromatic heterocycles. The van der Waals surface area contributed by atoms with Gasteiger partial charge in [-0.2, -0.15) is 0 Å². The molecule has 6 nitrogen and oxygen atoms in total. The Balaban J connectivity index is 1.50. The van der Waals surface area contributed by atoms with Crippen LogP contribution in [0, 0.1) is 6.92 Å². The maximum atomic E-state index is 12.2. The highest BCUT2D eigenvalue weighted by molar-refractivity contribution is 7.14. The fourth-order valence-corrected chi connectivity index (χ4v) is 3.74. The maximum absolute atomic E-state index is 12.2. The van der Waals surface area contributed by atoms with E-state index in [4.69, 9.17) is 9.47 Å². The average molecular weight is 403 g/mol. The summed E-state index contributed by atoms with van der Waals surface area (Å²) >= 11 is 1.48. The summed E-state index contributed by atoms with van der Waals surface area (Å²) in [6.07, 6.45) is -0.754. The number of nitrogens with one attached hydrogen (secondary N) is 1. The van der Waals surface area contributed by atoms with E-state index in [2.05, 4.69) is 32.2 Å². The van der Waals surface area contributed by atoms with Crippen LogP contribution in [0.15, 0.2) is 35.7 Å². The zero-order valence-electron chi connectivity index (χ0n) is 16.7. The molecule has 1 N–H and O–H groups in total. The van der Waals surface area contributed by atoms with Gasteiger partial charge in [-0.3, -0.25) is 9.69 Å². The van der Waals surface area contributed by atoms with E-state index in [-0.39, 0.29) is 36.7 Å². The summed E-state index contributed by atoms with van der Waals surface area (Å²) in [5.74, 6) is 0.468. The van der Waals surface area contributed by atoms with E-state index in [9.17, 15) is 9.59 Å². The first-order valence-corrected chi connectivity index (χ1v) is 10.1. The van der Waals surface area contributed by atoms with Gasteiger partial charge >= 0.3 is 6.09 Å². The normalized spacial score (nSPS) is 16.8. The van der Waals surface area contributed by atoms with Crippen molar-refractivity contribution in [3.8, 4) is 5.75 Å². The zero-order chi connectivity index (χ0) is 20.3. The molecule has 150 valence electrons. The molecule has 0 saturated carbocycles. The van der Waals surface area contributed by atoms with Crippen LogP contribution in [0.2, 0.25) is 0 Å². The number of anilines is 1. The van der Waals surface area contributed by atoms with Crippen LogP contribution in [0.4, 0.5) is 9.80 Å². The van der Waals surface area contributed by atoms with Gasteiger partial charge in [-0.15, -0.1) is 11.3 Å². The van der Waals surface area contributed by atoms with Crippen LogP contribution in [0.25, 0.3) is 0 Å². The van der Waals surface area contributed by atoms with E-state index in [0.29, 0.717) is 12.3 Å². The Morgan fingerprint density at radius 2 is 2.14 bits per heavy atom. The quantitative estimate of drug-likeness (QED) is 0.796. The van der Waals surface area contributed by atoms with E-state index < -0.39 is 0 Å². The van der Waals surface area contributed by atoms with Crippen LogP contribution >= 0.6 is 11.3 Å². The smallest absolute Gasteiger partial charge is 0.415 e. The molecule has 0 aliphatic carbocycles. The third-order valence-electron chi connectivity index (χ3n) is 4.48. The highest BCUT2D eigenvalue weighted by atomic mass is 32.1. The van der Waals surface area contributed by atoms with E-state index in [1.165, 1.54) is 11.3 Å². The summed E-state index contributed by atoms with van der Waals surface area (Å²) in [6.45, 7) is 8.98. The van der Waals surface area contributed by atoms with Gasteiger partial charge in [0.1, 0.15) is 16.9 Å². The molecular weight excluding hydrogens is 376 g/mol. The molecule has 2 aromatic rings. The number of hydrogen-bond acceptors (Lipinski definition) is 5. The predicted molar refractivity (Wildman–Crippen MR) is 110 cm³/mol. The van der Waals surface area contributed by atoms with Crippen molar-refractivity contribution in [1.29, 1.82) is 0 Å². The van der Waals surface area contributed by atoms with Gasteiger partial charge in [-0.25, -0.2) is 4.79 Å². The first-order chi connectivity index (χ1) is 13.2. The van der Waals surface area contributed by atoms with Gasteiger partial charge in [0.05, 0.1) is 13.1 Å². The number of thiophene rings is 1. The van der Waals surface area contributed by atoms with E-state index in [1.807, 2.05) is 36.6 Å². The Morgan fingerprint density at radius 1 is 1.36 bits per heavy atom. The first kappa shape index (κ1) is 20.2. The summed E-state index contributed by atoms with van der Waals surface area (Å²) in [5, 5.41) is 5.54. The van der Waals surface area contributed by atoms with Gasteiger partial charge in [0, 0.05) is 0 Å². The number of carbonyl (C=O) groups excluding carboxylic acids is 2. The van der Waals surface area contributed by atoms with Gasteiger partial charge in [0.25, 0.3) is 5.91 Å². The molecule has 3 rings (SSSR count). The average Bonchev–Trinajstić information content (AvgIpc) is 3.27. The number of rotatable bonds is 6. The number of amides is 2. The Morgan fingerprint density at radius 3 is 2.82 bits per heavy atom. The highest BCUT2D eigenvalue weighted by Gasteiger charge is 2.33. The van der Waals surface area contributed by atoms with Crippen molar-refractivity contribution in [3.05, 3.63) is 46.8 Å². The largest absolute Gasteiger partial charge is 0.483 e. The summed E-state index contributed by atoms with van der Waals surface area (Å²) < 4.78 is 11.1. The van der Waals surface area contributed by atoms with Gasteiger partial charge < -0.3 is 14.8 Å². The molecule has 1 aliphatic rings. The number of cyclic esters (lactones) is 1. The minimum absolute atomic E-state index is 0.0819. The molecule has 1 aromatic carbocycles. The van der Waals surface area contributed by atoms with Crippen LogP contribution in [0.1, 0.15) is 31.9 Å². The highest BCUT2D eigenvalue weighted by Crippen LogP contribution is 2.32. The van der Waals surface area contributed by atoms with E-state index in [1.54, 1.807) is 4.90 Å². The Labute approximate surface area is 169 Å². The molecule has 7 heteroatoms. The maximum Gasteiger partial charge on any atom is 0.415 e. The molecular formula is C21H26N2O4S. The van der Waals surface area contributed by atoms with Gasteiger partial charge in [0.15, 0.2) is 6.61 Å². The number of nitrogens with zero attached hydrogens (tertiary/aromatic N) is 1. The zero-order valence-corrected chi connectivity index (χ0v) is 17.5. The van der Waals surface area contributed by atoms with E-state index in [0.717, 1.165) is 16.1 Å². The SMILES string of the molecule is Cc1ccc(OCC(=O)NCC2CN(c3cccs3)C(=O)O2)c(C(C)(C)C)c1. The summed E-state index contributed by atoms with van der Waals surface area (Å²) in [7, 11) is 0. The second-order valence-electron chi connectivity index (χ2n) is 7.91. The van der Waals surface area contributed by atoms with Crippen molar-refractivity contribution in [2.45, 2.75) is 39.2 Å². The van der Waals surface area contributed by atoms with Crippen molar-refractivity contribution < 1.29 is 19.1 Å². The molecule has 1 fully saturated rings. The fourth-order valence-electron chi connectivity index (χ4n) is 3.01. The minimum atomic E-state index is -0.382. The second-order valence-corrected chi connectivity index (χ2v) is 8.84. The second kappa shape index (κ2) is 8.22. The lowest BCUT2D eigenvalue weighted by molar-refractivity contribution is -0.123. The molecule has 0 bridgehead atoms. The van der Waals surface area contributed by atoms with Crippen LogP contribution in [0.3, 0.4) is 0 Å². The molecule has 1 saturated heterocycles. The topological polar surface area (TPSA) is 67.9 Å². The molecule has 1 aliphatic heterocycles. The van der Waals surface area contributed by atoms with Crippen molar-refractivity contribution in [3.63, 3.8) is 0 Å². The summed E-state index contributed by atoms with van der Waals surface area (Å²) in [6, 6.07) is 9.72. The molecule has 2 heterocycles. The minimum Gasteiger partial charge on any atom is -0.483 e. The molecule has 28 heavy (non-hydrogen) atoms. The molecule has 2 amide bonds.